The highest BCUT2D eigenvalue weighted by molar-refractivity contribution is 7.89. The maximum absolute atomic E-state index is 11.9. The second-order valence-corrected chi connectivity index (χ2v) is 5.60. The number of hydrogen-bond donors (Lipinski definition) is 2. The number of aromatic amines is 1. The van der Waals surface area contributed by atoms with Gasteiger partial charge in [0.2, 0.25) is 10.0 Å². The number of hydrogen-bond acceptors (Lipinski definition) is 4. The van der Waals surface area contributed by atoms with Crippen LogP contribution < -0.4 is 4.72 Å². The molecule has 0 aliphatic carbocycles. The van der Waals surface area contributed by atoms with E-state index in [1.165, 1.54) is 6.20 Å². The van der Waals surface area contributed by atoms with Gasteiger partial charge in [-0.2, -0.15) is 5.10 Å². The lowest BCUT2D eigenvalue weighted by Gasteiger charge is -2.05. The molecule has 2 N–H and O–H groups in total. The number of aryl methyl sites for hydroxylation is 1. The Morgan fingerprint density at radius 3 is 2.83 bits per heavy atom. The van der Waals surface area contributed by atoms with E-state index in [4.69, 9.17) is 0 Å². The average Bonchev–Trinajstić information content (AvgIpc) is 2.77. The van der Waals surface area contributed by atoms with E-state index in [1.807, 2.05) is 12.1 Å². The van der Waals surface area contributed by atoms with Crippen LogP contribution >= 0.6 is 0 Å². The van der Waals surface area contributed by atoms with E-state index in [1.54, 1.807) is 19.3 Å². The van der Waals surface area contributed by atoms with Crippen LogP contribution in [-0.4, -0.2) is 30.1 Å². The molecule has 96 valence electrons. The lowest BCUT2D eigenvalue weighted by Crippen LogP contribution is -2.26. The fourth-order valence-corrected chi connectivity index (χ4v) is 2.73. The number of nitrogens with zero attached hydrogens (tertiary/aromatic N) is 2. The van der Waals surface area contributed by atoms with Gasteiger partial charge in [-0.3, -0.25) is 10.1 Å². The van der Waals surface area contributed by atoms with Crippen LogP contribution in [0.3, 0.4) is 0 Å². The van der Waals surface area contributed by atoms with E-state index in [-0.39, 0.29) is 4.90 Å². The topological polar surface area (TPSA) is 87.7 Å². The van der Waals surface area contributed by atoms with Gasteiger partial charge in [-0.15, -0.1) is 0 Å². The van der Waals surface area contributed by atoms with Crippen LogP contribution in [0.5, 0.6) is 0 Å². The second kappa shape index (κ2) is 5.28. The molecule has 2 aromatic rings. The fraction of sp³-hybridized carbons (Fsp3) is 0.273. The van der Waals surface area contributed by atoms with Crippen LogP contribution in [0.2, 0.25) is 0 Å². The Morgan fingerprint density at radius 2 is 2.22 bits per heavy atom. The van der Waals surface area contributed by atoms with Crippen molar-refractivity contribution < 1.29 is 8.42 Å². The minimum atomic E-state index is -3.48. The first kappa shape index (κ1) is 12.7. The lowest BCUT2D eigenvalue weighted by molar-refractivity contribution is 0.581. The van der Waals surface area contributed by atoms with Crippen LogP contribution in [0.15, 0.2) is 35.6 Å². The Bertz CT molecular complexity index is 607. The summed E-state index contributed by atoms with van der Waals surface area (Å²) in [5.74, 6) is 0. The Kier molecular flexibility index (Phi) is 3.73. The van der Waals surface area contributed by atoms with E-state index in [0.717, 1.165) is 5.56 Å². The third kappa shape index (κ3) is 2.93. The summed E-state index contributed by atoms with van der Waals surface area (Å²) < 4.78 is 26.4. The smallest absolute Gasteiger partial charge is 0.243 e. The Hall–Kier alpha value is -1.73. The van der Waals surface area contributed by atoms with Crippen molar-refractivity contribution in [2.24, 2.45) is 0 Å². The number of H-pyrrole nitrogens is 1. The predicted molar refractivity (Wildman–Crippen MR) is 66.5 cm³/mol. The molecule has 0 aromatic carbocycles. The molecule has 0 saturated carbocycles. The van der Waals surface area contributed by atoms with Gasteiger partial charge in [0, 0.05) is 18.9 Å². The molecule has 0 atom stereocenters. The molecule has 0 amide bonds. The van der Waals surface area contributed by atoms with Gasteiger partial charge in [-0.05, 0) is 25.0 Å². The molecule has 0 unspecified atom stereocenters. The minimum Gasteiger partial charge on any atom is -0.281 e. The van der Waals surface area contributed by atoms with Crippen LogP contribution in [0.4, 0.5) is 0 Å². The Morgan fingerprint density at radius 1 is 1.39 bits per heavy atom. The second-order valence-electron chi connectivity index (χ2n) is 3.87. The maximum atomic E-state index is 11.9. The van der Waals surface area contributed by atoms with Gasteiger partial charge < -0.3 is 0 Å². The highest BCUT2D eigenvalue weighted by Crippen LogP contribution is 2.10. The molecule has 0 aliphatic heterocycles. The zero-order chi connectivity index (χ0) is 13.0. The molecule has 0 radical (unpaired) electrons. The summed E-state index contributed by atoms with van der Waals surface area (Å²) >= 11 is 0. The first-order valence-corrected chi connectivity index (χ1v) is 6.96. The van der Waals surface area contributed by atoms with E-state index in [9.17, 15) is 8.42 Å². The summed E-state index contributed by atoms with van der Waals surface area (Å²) in [5.41, 5.74) is 1.52. The molecule has 2 rings (SSSR count). The number of pyridine rings is 1. The van der Waals surface area contributed by atoms with Crippen LogP contribution in [0.25, 0.3) is 0 Å². The number of aromatic nitrogens is 3. The highest BCUT2D eigenvalue weighted by atomic mass is 32.2. The normalized spacial score (nSPS) is 11.6. The van der Waals surface area contributed by atoms with E-state index in [2.05, 4.69) is 19.9 Å². The molecule has 0 bridgehead atoms. The third-order valence-electron chi connectivity index (χ3n) is 2.50. The number of nitrogens with one attached hydrogen (secondary N) is 2. The van der Waals surface area contributed by atoms with E-state index < -0.39 is 10.0 Å². The lowest BCUT2D eigenvalue weighted by atomic mass is 10.2. The summed E-state index contributed by atoms with van der Waals surface area (Å²) in [6.07, 6.45) is 5.31. The van der Waals surface area contributed by atoms with Crippen molar-refractivity contribution in [1.82, 2.24) is 19.9 Å². The van der Waals surface area contributed by atoms with Gasteiger partial charge in [-0.25, -0.2) is 13.1 Å². The van der Waals surface area contributed by atoms with Gasteiger partial charge >= 0.3 is 0 Å². The van der Waals surface area contributed by atoms with Crippen LogP contribution in [0, 0.1) is 6.92 Å². The molecular formula is C11H14N4O2S. The van der Waals surface area contributed by atoms with Gasteiger partial charge in [0.1, 0.15) is 4.90 Å². The first-order chi connectivity index (χ1) is 8.59. The first-order valence-electron chi connectivity index (χ1n) is 5.48. The maximum Gasteiger partial charge on any atom is 0.243 e. The largest absolute Gasteiger partial charge is 0.281 e. The van der Waals surface area contributed by atoms with Gasteiger partial charge in [0.05, 0.1) is 11.9 Å². The van der Waals surface area contributed by atoms with Crippen molar-refractivity contribution >= 4 is 10.0 Å². The molecular weight excluding hydrogens is 252 g/mol. The van der Waals surface area contributed by atoms with Crippen molar-refractivity contribution in [2.45, 2.75) is 18.2 Å². The van der Waals surface area contributed by atoms with Crippen molar-refractivity contribution in [3.05, 3.63) is 42.0 Å². The Balaban J connectivity index is 1.97. The van der Waals surface area contributed by atoms with Crippen molar-refractivity contribution in [3.8, 4) is 0 Å². The molecule has 0 aliphatic rings. The van der Waals surface area contributed by atoms with Crippen molar-refractivity contribution in [3.63, 3.8) is 0 Å². The van der Waals surface area contributed by atoms with Gasteiger partial charge in [0.15, 0.2) is 0 Å². The SMILES string of the molecule is Cc1[nH]ncc1S(=O)(=O)NCCc1cccnc1. The quantitative estimate of drug-likeness (QED) is 0.831. The zero-order valence-electron chi connectivity index (χ0n) is 9.92. The van der Waals surface area contributed by atoms with E-state index in [0.29, 0.717) is 18.7 Å². The summed E-state index contributed by atoms with van der Waals surface area (Å²) in [6.45, 7) is 2.00. The van der Waals surface area contributed by atoms with E-state index >= 15 is 0 Å². The summed E-state index contributed by atoms with van der Waals surface area (Å²) in [4.78, 5) is 4.16. The standard InChI is InChI=1S/C11H14N4O2S/c1-9-11(8-13-15-9)18(16,17)14-6-4-10-3-2-5-12-7-10/h2-3,5,7-8,14H,4,6H2,1H3,(H,13,15). The molecule has 18 heavy (non-hydrogen) atoms. The minimum absolute atomic E-state index is 0.189. The zero-order valence-corrected chi connectivity index (χ0v) is 10.7. The Labute approximate surface area is 106 Å². The van der Waals surface area contributed by atoms with Crippen molar-refractivity contribution in [2.75, 3.05) is 6.54 Å². The summed E-state index contributed by atoms with van der Waals surface area (Å²) in [6, 6.07) is 3.73. The molecule has 0 spiro atoms. The van der Waals surface area contributed by atoms with Crippen molar-refractivity contribution in [1.29, 1.82) is 0 Å². The highest BCUT2D eigenvalue weighted by Gasteiger charge is 2.17. The number of sulfonamides is 1. The molecule has 2 heterocycles. The fourth-order valence-electron chi connectivity index (χ4n) is 1.56. The van der Waals surface area contributed by atoms with Crippen LogP contribution in [0.1, 0.15) is 11.3 Å². The number of rotatable bonds is 5. The summed E-state index contributed by atoms with van der Waals surface area (Å²) in [5, 5.41) is 6.30. The molecule has 2 aromatic heterocycles. The van der Waals surface area contributed by atoms with Crippen LogP contribution in [-0.2, 0) is 16.4 Å². The average molecular weight is 266 g/mol. The predicted octanol–water partition coefficient (Wildman–Crippen LogP) is 0.634. The molecule has 7 heteroatoms. The summed E-state index contributed by atoms with van der Waals surface area (Å²) in [7, 11) is -3.48. The molecule has 0 saturated heterocycles. The third-order valence-corrected chi connectivity index (χ3v) is 4.08. The molecule has 0 fully saturated rings. The van der Waals surface area contributed by atoms with Gasteiger partial charge in [0.25, 0.3) is 0 Å². The molecule has 6 nitrogen and oxygen atoms in total. The van der Waals surface area contributed by atoms with Gasteiger partial charge in [-0.1, -0.05) is 6.07 Å². The monoisotopic (exact) mass is 266 g/mol.